The van der Waals surface area contributed by atoms with Gasteiger partial charge in [0.1, 0.15) is 0 Å². The summed E-state index contributed by atoms with van der Waals surface area (Å²) in [6.07, 6.45) is 0. The predicted molar refractivity (Wildman–Crippen MR) is 40.4 cm³/mol. The second-order valence-corrected chi connectivity index (χ2v) is 1.09. The van der Waals surface area contributed by atoms with E-state index in [2.05, 4.69) is 4.74 Å². The van der Waals surface area contributed by atoms with Gasteiger partial charge in [0.15, 0.2) is 0 Å². The van der Waals surface area contributed by atoms with E-state index in [1.807, 2.05) is 0 Å². The molecule has 10 heavy (non-hydrogen) atoms. The van der Waals surface area contributed by atoms with Crippen LogP contribution in [0.15, 0.2) is 0 Å². The second kappa shape index (κ2) is 12.4. The molecule has 0 aliphatic rings. The molecule has 0 aromatic carbocycles. The number of rotatable bonds is 0. The molecule has 52 valence electrons. The Balaban J connectivity index is -0.0000000600. The monoisotopic (exact) mass is 152 g/mol. The topological polar surface area (TPSA) is 74.9 Å². The quantitative estimate of drug-likeness (QED) is 0.228. The van der Waals surface area contributed by atoms with Gasteiger partial charge >= 0.3 is 60.4 Å². The molecule has 0 amide bonds. The average molecular weight is 152 g/mol. The molecule has 0 radical (unpaired) electrons. The molecular formula is C4H10LiNaO4. The van der Waals surface area contributed by atoms with Crippen LogP contribution in [0.4, 0.5) is 0 Å². The minimum absolute atomic E-state index is 0. The fraction of sp³-hybridized carbons (Fsp3) is 0.500. The van der Waals surface area contributed by atoms with E-state index < -0.39 is 11.9 Å². The van der Waals surface area contributed by atoms with Crippen molar-refractivity contribution in [1.29, 1.82) is 0 Å². The maximum atomic E-state index is 9.81. The third-order valence-electron chi connectivity index (χ3n) is 0.287. The third-order valence-corrected chi connectivity index (χ3v) is 0.287. The van der Waals surface area contributed by atoms with Crippen LogP contribution in [0, 0.1) is 0 Å². The van der Waals surface area contributed by atoms with Crippen molar-refractivity contribution < 1.29 is 19.8 Å². The Morgan fingerprint density at radius 2 is 1.30 bits per heavy atom. The van der Waals surface area contributed by atoms with Crippen LogP contribution in [0.25, 0.3) is 0 Å². The van der Waals surface area contributed by atoms with E-state index in [0.717, 1.165) is 0 Å². The van der Waals surface area contributed by atoms with Gasteiger partial charge in [0, 0.05) is 13.8 Å². The number of hydrogen-bond donors (Lipinski definition) is 0. The van der Waals surface area contributed by atoms with E-state index in [-0.39, 0.29) is 53.9 Å². The van der Waals surface area contributed by atoms with Crippen LogP contribution in [-0.2, 0) is 14.3 Å². The van der Waals surface area contributed by atoms with Crippen LogP contribution in [0.2, 0.25) is 0 Å². The van der Waals surface area contributed by atoms with Gasteiger partial charge in [0.05, 0.1) is 0 Å². The van der Waals surface area contributed by atoms with Crippen molar-refractivity contribution in [2.45, 2.75) is 13.8 Å². The van der Waals surface area contributed by atoms with Gasteiger partial charge in [-0.25, -0.2) is 0 Å². The third kappa shape index (κ3) is 23.4. The van der Waals surface area contributed by atoms with E-state index in [4.69, 9.17) is 0 Å². The van der Waals surface area contributed by atoms with Crippen molar-refractivity contribution >= 4 is 60.4 Å². The summed E-state index contributed by atoms with van der Waals surface area (Å²) in [6.45, 7) is 2.36. The van der Waals surface area contributed by atoms with Gasteiger partial charge in [-0.3, -0.25) is 9.59 Å². The SMILES string of the molecule is CC(=O)OC(C)=O.O.[LiH].[NaH]. The summed E-state index contributed by atoms with van der Waals surface area (Å²) >= 11 is 0. The Bertz CT molecular complexity index is 93.4. The van der Waals surface area contributed by atoms with E-state index in [9.17, 15) is 9.59 Å². The molecule has 0 spiro atoms. The molecule has 0 heterocycles. The molecule has 0 saturated heterocycles. The summed E-state index contributed by atoms with van der Waals surface area (Å²) in [5, 5.41) is 0. The first-order chi connectivity index (χ1) is 3.13. The number of carbonyl (C=O) groups is 2. The van der Waals surface area contributed by atoms with E-state index >= 15 is 0 Å². The normalized spacial score (nSPS) is 5.40. The molecule has 0 aromatic heterocycles. The molecule has 0 aliphatic heterocycles. The Morgan fingerprint density at radius 3 is 1.30 bits per heavy atom. The Hall–Kier alpha value is 0.697. The Morgan fingerprint density at radius 1 is 1.10 bits per heavy atom. The number of esters is 2. The van der Waals surface area contributed by atoms with Crippen LogP contribution in [0.5, 0.6) is 0 Å². The summed E-state index contributed by atoms with van der Waals surface area (Å²) < 4.78 is 3.97. The molecule has 0 bridgehead atoms. The van der Waals surface area contributed by atoms with Crippen molar-refractivity contribution in [2.75, 3.05) is 0 Å². The van der Waals surface area contributed by atoms with Crippen LogP contribution in [0.1, 0.15) is 13.8 Å². The van der Waals surface area contributed by atoms with Gasteiger partial charge in [-0.15, -0.1) is 0 Å². The van der Waals surface area contributed by atoms with Gasteiger partial charge in [-0.1, -0.05) is 0 Å². The Kier molecular flexibility index (Phi) is 27.8. The van der Waals surface area contributed by atoms with Gasteiger partial charge in [0.25, 0.3) is 0 Å². The van der Waals surface area contributed by atoms with Crippen LogP contribution in [-0.4, -0.2) is 65.8 Å². The second-order valence-electron chi connectivity index (χ2n) is 1.09. The van der Waals surface area contributed by atoms with Gasteiger partial charge < -0.3 is 10.2 Å². The molecule has 0 unspecified atom stereocenters. The van der Waals surface area contributed by atoms with Crippen LogP contribution in [0.3, 0.4) is 0 Å². The first-order valence-electron chi connectivity index (χ1n) is 1.82. The number of hydrogen-bond acceptors (Lipinski definition) is 3. The molecule has 6 heteroatoms. The number of ether oxygens (including phenoxy) is 1. The number of carbonyl (C=O) groups excluding carboxylic acids is 2. The van der Waals surface area contributed by atoms with Crippen molar-refractivity contribution in [3.8, 4) is 0 Å². The minimum atomic E-state index is -0.562. The predicted octanol–water partition coefficient (Wildman–Crippen LogP) is -2.03. The zero-order chi connectivity index (χ0) is 5.86. The molecule has 0 rings (SSSR count). The molecule has 2 N–H and O–H groups in total. The summed E-state index contributed by atoms with van der Waals surface area (Å²) in [6, 6.07) is 0. The van der Waals surface area contributed by atoms with E-state index in [0.29, 0.717) is 0 Å². The molecule has 0 aromatic rings. The van der Waals surface area contributed by atoms with Crippen LogP contribution < -0.4 is 0 Å². The fourth-order valence-electron chi connectivity index (χ4n) is 0.202. The maximum absolute atomic E-state index is 9.81. The van der Waals surface area contributed by atoms with Crippen LogP contribution >= 0.6 is 0 Å². The molecule has 0 saturated carbocycles. The molecule has 0 fully saturated rings. The summed E-state index contributed by atoms with van der Waals surface area (Å²) in [4.78, 5) is 19.6. The zero-order valence-corrected chi connectivity index (χ0v) is 4.72. The van der Waals surface area contributed by atoms with Gasteiger partial charge in [-0.2, -0.15) is 0 Å². The van der Waals surface area contributed by atoms with Crippen molar-refractivity contribution in [2.24, 2.45) is 0 Å². The van der Waals surface area contributed by atoms with E-state index in [1.165, 1.54) is 13.8 Å². The fourth-order valence-corrected chi connectivity index (χ4v) is 0.202. The first kappa shape index (κ1) is 22.4. The van der Waals surface area contributed by atoms with Gasteiger partial charge in [-0.05, 0) is 0 Å². The zero-order valence-electron chi connectivity index (χ0n) is 4.72. The summed E-state index contributed by atoms with van der Waals surface area (Å²) in [5.74, 6) is -1.12. The standard InChI is InChI=1S/C4H6O3.Li.Na.H2O.2H/c1-3(5)7-4(2)6;;;;;/h1-2H3;;;1H2;;. The van der Waals surface area contributed by atoms with Crippen molar-refractivity contribution in [3.05, 3.63) is 0 Å². The molecule has 0 atom stereocenters. The van der Waals surface area contributed by atoms with Crippen molar-refractivity contribution in [3.63, 3.8) is 0 Å². The van der Waals surface area contributed by atoms with E-state index in [1.54, 1.807) is 0 Å². The molecular weight excluding hydrogens is 142 g/mol. The first-order valence-corrected chi connectivity index (χ1v) is 1.82. The summed E-state index contributed by atoms with van der Waals surface area (Å²) in [7, 11) is 0. The molecule has 0 aliphatic carbocycles. The van der Waals surface area contributed by atoms with Gasteiger partial charge in [0.2, 0.25) is 0 Å². The summed E-state index contributed by atoms with van der Waals surface area (Å²) in [5.41, 5.74) is 0. The van der Waals surface area contributed by atoms with Crippen molar-refractivity contribution in [1.82, 2.24) is 0 Å². The average Bonchev–Trinajstić information content (AvgIpc) is 1.27. The Labute approximate surface area is 93.5 Å². The molecule has 4 nitrogen and oxygen atoms in total.